The molecule has 1 N–H and O–H groups in total. The van der Waals surface area contributed by atoms with Gasteiger partial charge < -0.3 is 19.9 Å². The molecule has 0 atom stereocenters. The third-order valence-electron chi connectivity index (χ3n) is 6.07. The van der Waals surface area contributed by atoms with E-state index in [1.54, 1.807) is 18.2 Å². The first-order chi connectivity index (χ1) is 14.0. The van der Waals surface area contributed by atoms with Crippen molar-refractivity contribution in [2.45, 2.75) is 12.8 Å². The molecule has 3 heterocycles. The first-order valence-corrected chi connectivity index (χ1v) is 10.3. The molecule has 1 aromatic rings. The van der Waals surface area contributed by atoms with Gasteiger partial charge in [-0.1, -0.05) is 0 Å². The van der Waals surface area contributed by atoms with Gasteiger partial charge in [-0.05, 0) is 38.1 Å². The highest BCUT2D eigenvalue weighted by Gasteiger charge is 2.29. The van der Waals surface area contributed by atoms with Crippen LogP contribution in [-0.2, 0) is 9.59 Å². The van der Waals surface area contributed by atoms with Crippen molar-refractivity contribution in [3.8, 4) is 5.75 Å². The number of Topliss-reactive ketones (excluding diaryl/α,β-unsaturated/α-hetero) is 1. The van der Waals surface area contributed by atoms with E-state index in [1.165, 1.54) is 0 Å². The van der Waals surface area contributed by atoms with Gasteiger partial charge in [0.2, 0.25) is 5.91 Å². The fourth-order valence-electron chi connectivity index (χ4n) is 4.16. The number of benzene rings is 1. The van der Waals surface area contributed by atoms with Crippen LogP contribution in [0.2, 0.25) is 0 Å². The molecule has 3 aliphatic rings. The van der Waals surface area contributed by atoms with Crippen LogP contribution in [0.4, 0.5) is 5.69 Å². The van der Waals surface area contributed by atoms with Crippen molar-refractivity contribution in [3.05, 3.63) is 23.8 Å². The number of rotatable bonds is 4. The highest BCUT2D eigenvalue weighted by atomic mass is 16.5. The summed E-state index contributed by atoms with van der Waals surface area (Å²) in [6.45, 7) is 5.55. The monoisotopic (exact) mass is 400 g/mol. The fraction of sp³-hybridized carbons (Fsp3) is 0.571. The zero-order valence-electron chi connectivity index (χ0n) is 16.9. The van der Waals surface area contributed by atoms with Gasteiger partial charge in [0.1, 0.15) is 5.75 Å². The number of carbonyl (C=O) groups excluding carboxylic acids is 3. The van der Waals surface area contributed by atoms with Gasteiger partial charge in [-0.25, -0.2) is 0 Å². The minimum Gasteiger partial charge on any atom is -0.482 e. The predicted octanol–water partition coefficient (Wildman–Crippen LogP) is 0.686. The second kappa shape index (κ2) is 8.51. The Morgan fingerprint density at radius 1 is 1.10 bits per heavy atom. The smallest absolute Gasteiger partial charge is 0.262 e. The van der Waals surface area contributed by atoms with Gasteiger partial charge in [0.15, 0.2) is 12.4 Å². The number of fused-ring (bicyclic) bond motifs is 1. The molecular formula is C21H28N4O4. The van der Waals surface area contributed by atoms with Gasteiger partial charge in [0.25, 0.3) is 5.91 Å². The molecule has 2 fully saturated rings. The van der Waals surface area contributed by atoms with Crippen LogP contribution in [0.5, 0.6) is 5.75 Å². The molecule has 0 aromatic heterocycles. The second-order valence-electron chi connectivity index (χ2n) is 8.15. The Balaban J connectivity index is 1.30. The summed E-state index contributed by atoms with van der Waals surface area (Å²) in [6, 6.07) is 5.18. The molecule has 8 heteroatoms. The Morgan fingerprint density at radius 3 is 2.55 bits per heavy atom. The maximum atomic E-state index is 12.9. The average Bonchev–Trinajstić information content (AvgIpc) is 2.74. The first kappa shape index (κ1) is 19.8. The topological polar surface area (TPSA) is 82.2 Å². The van der Waals surface area contributed by atoms with E-state index >= 15 is 0 Å². The van der Waals surface area contributed by atoms with E-state index in [1.807, 2.05) is 4.90 Å². The van der Waals surface area contributed by atoms with E-state index in [4.69, 9.17) is 4.74 Å². The Hall–Kier alpha value is -2.45. The van der Waals surface area contributed by atoms with Crippen LogP contribution in [0.15, 0.2) is 18.2 Å². The SMILES string of the molecule is CN1CCN(CC(=O)N2CCC(C(=O)c3ccc4c(c3)NC(=O)CO4)CC2)CC1. The lowest BCUT2D eigenvalue weighted by atomic mass is 9.88. The van der Waals surface area contributed by atoms with E-state index in [0.29, 0.717) is 49.5 Å². The van der Waals surface area contributed by atoms with Gasteiger partial charge >= 0.3 is 0 Å². The number of amides is 2. The Morgan fingerprint density at radius 2 is 1.83 bits per heavy atom. The van der Waals surface area contributed by atoms with Crippen molar-refractivity contribution in [1.82, 2.24) is 14.7 Å². The van der Waals surface area contributed by atoms with Crippen LogP contribution < -0.4 is 10.1 Å². The normalized spacial score (nSPS) is 21.3. The average molecular weight is 400 g/mol. The summed E-state index contributed by atoms with van der Waals surface area (Å²) in [5.74, 6) is 0.508. The third-order valence-corrected chi connectivity index (χ3v) is 6.07. The minimum absolute atomic E-state index is 0.000903. The van der Waals surface area contributed by atoms with Crippen LogP contribution in [0.25, 0.3) is 0 Å². The van der Waals surface area contributed by atoms with Crippen molar-refractivity contribution >= 4 is 23.3 Å². The molecule has 0 radical (unpaired) electrons. The molecular weight excluding hydrogens is 372 g/mol. The largest absolute Gasteiger partial charge is 0.482 e. The third kappa shape index (κ3) is 4.59. The van der Waals surface area contributed by atoms with Crippen molar-refractivity contribution in [2.75, 3.05) is 64.8 Å². The highest BCUT2D eigenvalue weighted by molar-refractivity contribution is 6.01. The summed E-state index contributed by atoms with van der Waals surface area (Å²) in [7, 11) is 2.10. The molecule has 4 rings (SSSR count). The molecule has 0 aliphatic carbocycles. The lowest BCUT2D eigenvalue weighted by Gasteiger charge is -2.35. The number of anilines is 1. The summed E-state index contributed by atoms with van der Waals surface area (Å²) < 4.78 is 5.35. The van der Waals surface area contributed by atoms with Crippen LogP contribution in [0.3, 0.4) is 0 Å². The number of likely N-dealkylation sites (tertiary alicyclic amines) is 1. The lowest BCUT2D eigenvalue weighted by molar-refractivity contribution is -0.134. The molecule has 0 unspecified atom stereocenters. The van der Waals surface area contributed by atoms with Crippen molar-refractivity contribution in [3.63, 3.8) is 0 Å². The number of nitrogens with zero attached hydrogens (tertiary/aromatic N) is 3. The molecule has 0 spiro atoms. The molecule has 29 heavy (non-hydrogen) atoms. The molecule has 0 bridgehead atoms. The number of carbonyl (C=O) groups is 3. The van der Waals surface area contributed by atoms with Gasteiger partial charge in [0, 0.05) is 50.7 Å². The molecule has 2 saturated heterocycles. The van der Waals surface area contributed by atoms with Gasteiger partial charge in [-0.3, -0.25) is 19.3 Å². The molecule has 3 aliphatic heterocycles. The van der Waals surface area contributed by atoms with E-state index in [2.05, 4.69) is 22.2 Å². The zero-order valence-corrected chi connectivity index (χ0v) is 16.9. The van der Waals surface area contributed by atoms with Gasteiger partial charge in [-0.15, -0.1) is 0 Å². The number of likely N-dealkylation sites (N-methyl/N-ethyl adjacent to an activating group) is 1. The van der Waals surface area contributed by atoms with Crippen LogP contribution >= 0.6 is 0 Å². The number of piperazine rings is 1. The number of ether oxygens (including phenoxy) is 1. The quantitative estimate of drug-likeness (QED) is 0.749. The molecule has 8 nitrogen and oxygen atoms in total. The summed E-state index contributed by atoms with van der Waals surface area (Å²) in [6.07, 6.45) is 1.35. The van der Waals surface area contributed by atoms with Gasteiger partial charge in [-0.2, -0.15) is 0 Å². The van der Waals surface area contributed by atoms with E-state index in [0.717, 1.165) is 26.2 Å². The minimum atomic E-state index is -0.214. The van der Waals surface area contributed by atoms with E-state index in [-0.39, 0.29) is 30.1 Å². The fourth-order valence-corrected chi connectivity index (χ4v) is 4.16. The summed E-state index contributed by atoms with van der Waals surface area (Å²) in [5.41, 5.74) is 1.13. The van der Waals surface area contributed by atoms with Crippen LogP contribution in [0.1, 0.15) is 23.2 Å². The molecule has 1 aromatic carbocycles. The lowest BCUT2D eigenvalue weighted by Crippen LogP contribution is -2.50. The summed E-state index contributed by atoms with van der Waals surface area (Å²) in [5, 5.41) is 2.74. The zero-order chi connectivity index (χ0) is 20.4. The number of piperidine rings is 1. The maximum Gasteiger partial charge on any atom is 0.262 e. The Kier molecular flexibility index (Phi) is 5.82. The predicted molar refractivity (Wildman–Crippen MR) is 108 cm³/mol. The van der Waals surface area contributed by atoms with E-state index in [9.17, 15) is 14.4 Å². The van der Waals surface area contributed by atoms with Crippen molar-refractivity contribution in [1.29, 1.82) is 0 Å². The Bertz CT molecular complexity index is 796. The van der Waals surface area contributed by atoms with Gasteiger partial charge in [0.05, 0.1) is 12.2 Å². The molecule has 2 amide bonds. The van der Waals surface area contributed by atoms with Crippen LogP contribution in [-0.4, -0.2) is 91.8 Å². The number of nitrogens with one attached hydrogen (secondary N) is 1. The van der Waals surface area contributed by atoms with Crippen molar-refractivity contribution < 1.29 is 19.1 Å². The Labute approximate surface area is 170 Å². The number of ketones is 1. The second-order valence-corrected chi connectivity index (χ2v) is 8.15. The standard InChI is InChI=1S/C21H28N4O4/c1-23-8-10-24(11-9-23)13-20(27)25-6-4-15(5-7-25)21(28)16-2-3-18-17(12-16)22-19(26)14-29-18/h2-3,12,15H,4-11,13-14H2,1H3,(H,22,26). The summed E-state index contributed by atoms with van der Waals surface area (Å²) >= 11 is 0. The van der Waals surface area contributed by atoms with Crippen molar-refractivity contribution in [2.24, 2.45) is 5.92 Å². The molecule has 156 valence electrons. The number of hydrogen-bond acceptors (Lipinski definition) is 6. The maximum absolute atomic E-state index is 12.9. The summed E-state index contributed by atoms with van der Waals surface area (Å²) in [4.78, 5) is 43.4. The highest BCUT2D eigenvalue weighted by Crippen LogP contribution is 2.30. The first-order valence-electron chi connectivity index (χ1n) is 10.3. The van der Waals surface area contributed by atoms with Crippen LogP contribution in [0, 0.1) is 5.92 Å². The van der Waals surface area contributed by atoms with E-state index < -0.39 is 0 Å². The number of hydrogen-bond donors (Lipinski definition) is 1. The molecule has 0 saturated carbocycles.